The molecule has 170 valence electrons. The Morgan fingerprint density at radius 1 is 0.417 bits per heavy atom. The van der Waals surface area contributed by atoms with Crippen molar-refractivity contribution in [1.29, 1.82) is 0 Å². The SMILES string of the molecule is Oc1ccc2ccc3c(-c4ccc(N(c5ccccc5)c5ccccc5)cc4)ccc4ccc1c2c43. The Balaban J connectivity index is 1.38. The molecular formula is C34H23NO. The molecule has 7 aromatic carbocycles. The fourth-order valence-corrected chi connectivity index (χ4v) is 5.43. The smallest absolute Gasteiger partial charge is 0.123 e. The van der Waals surface area contributed by atoms with Crippen molar-refractivity contribution in [2.75, 3.05) is 4.90 Å². The first-order chi connectivity index (χ1) is 17.8. The van der Waals surface area contributed by atoms with Crippen molar-refractivity contribution in [1.82, 2.24) is 0 Å². The highest BCUT2D eigenvalue weighted by atomic mass is 16.3. The van der Waals surface area contributed by atoms with E-state index in [0.29, 0.717) is 5.75 Å². The summed E-state index contributed by atoms with van der Waals surface area (Å²) < 4.78 is 0. The molecule has 0 aliphatic heterocycles. The Morgan fingerprint density at radius 2 is 0.917 bits per heavy atom. The molecule has 0 atom stereocenters. The van der Waals surface area contributed by atoms with E-state index >= 15 is 0 Å². The van der Waals surface area contributed by atoms with Gasteiger partial charge in [-0.3, -0.25) is 0 Å². The largest absolute Gasteiger partial charge is 0.507 e. The molecule has 0 unspecified atom stereocenters. The fourth-order valence-electron chi connectivity index (χ4n) is 5.43. The van der Waals surface area contributed by atoms with Crippen LogP contribution in [0.4, 0.5) is 17.1 Å². The van der Waals surface area contributed by atoms with E-state index in [4.69, 9.17) is 0 Å². The van der Waals surface area contributed by atoms with Crippen molar-refractivity contribution in [3.8, 4) is 16.9 Å². The number of hydrogen-bond donors (Lipinski definition) is 1. The second-order valence-corrected chi connectivity index (χ2v) is 9.17. The molecule has 36 heavy (non-hydrogen) atoms. The molecule has 0 aliphatic carbocycles. The van der Waals surface area contributed by atoms with Gasteiger partial charge in [0.2, 0.25) is 0 Å². The lowest BCUT2D eigenvalue weighted by atomic mass is 9.89. The number of para-hydroxylation sites is 2. The Morgan fingerprint density at radius 3 is 1.56 bits per heavy atom. The van der Waals surface area contributed by atoms with Gasteiger partial charge in [0.15, 0.2) is 0 Å². The Bertz CT molecular complexity index is 1780. The highest BCUT2D eigenvalue weighted by Crippen LogP contribution is 2.42. The second-order valence-electron chi connectivity index (χ2n) is 9.17. The number of rotatable bonds is 4. The molecule has 0 radical (unpaired) electrons. The number of aromatic hydroxyl groups is 1. The molecule has 0 fully saturated rings. The number of phenolic OH excluding ortho intramolecular Hbond substituents is 1. The number of nitrogens with zero attached hydrogens (tertiary/aromatic N) is 1. The summed E-state index contributed by atoms with van der Waals surface area (Å²) in [4.78, 5) is 2.27. The van der Waals surface area contributed by atoms with Crippen molar-refractivity contribution in [2.45, 2.75) is 0 Å². The van der Waals surface area contributed by atoms with E-state index in [0.717, 1.165) is 33.2 Å². The van der Waals surface area contributed by atoms with Gasteiger partial charge in [0.25, 0.3) is 0 Å². The topological polar surface area (TPSA) is 23.5 Å². The lowest BCUT2D eigenvalue weighted by Crippen LogP contribution is -2.09. The van der Waals surface area contributed by atoms with Crippen molar-refractivity contribution >= 4 is 49.4 Å². The van der Waals surface area contributed by atoms with Crippen LogP contribution < -0.4 is 4.90 Å². The molecule has 0 amide bonds. The molecule has 2 nitrogen and oxygen atoms in total. The molecule has 0 aromatic heterocycles. The van der Waals surface area contributed by atoms with Gasteiger partial charge in [0.1, 0.15) is 5.75 Å². The van der Waals surface area contributed by atoms with E-state index in [1.165, 1.54) is 27.3 Å². The summed E-state index contributed by atoms with van der Waals surface area (Å²) in [5, 5.41) is 17.3. The molecule has 7 aromatic rings. The van der Waals surface area contributed by atoms with Crippen LogP contribution in [-0.2, 0) is 0 Å². The van der Waals surface area contributed by atoms with Gasteiger partial charge in [0.05, 0.1) is 0 Å². The molecule has 0 saturated carbocycles. The summed E-state index contributed by atoms with van der Waals surface area (Å²) in [5.41, 5.74) is 5.72. The normalized spacial score (nSPS) is 11.4. The number of phenols is 1. The van der Waals surface area contributed by atoms with Crippen molar-refractivity contribution < 1.29 is 5.11 Å². The lowest BCUT2D eigenvalue weighted by molar-refractivity contribution is 0.482. The second kappa shape index (κ2) is 8.14. The first-order valence-electron chi connectivity index (χ1n) is 12.2. The Kier molecular flexibility index (Phi) is 4.65. The molecular weight excluding hydrogens is 438 g/mol. The summed E-state index contributed by atoms with van der Waals surface area (Å²) >= 11 is 0. The van der Waals surface area contributed by atoms with Gasteiger partial charge in [-0.25, -0.2) is 0 Å². The van der Waals surface area contributed by atoms with E-state index in [9.17, 15) is 5.11 Å². The minimum atomic E-state index is 0.327. The molecule has 0 bridgehead atoms. The van der Waals surface area contributed by atoms with E-state index < -0.39 is 0 Å². The minimum absolute atomic E-state index is 0.327. The maximum absolute atomic E-state index is 10.5. The van der Waals surface area contributed by atoms with Crippen LogP contribution in [0.1, 0.15) is 0 Å². The zero-order valence-corrected chi connectivity index (χ0v) is 19.6. The quantitative estimate of drug-likeness (QED) is 0.264. The van der Waals surface area contributed by atoms with Crippen LogP contribution in [0, 0.1) is 0 Å². The average Bonchev–Trinajstić information content (AvgIpc) is 2.94. The van der Waals surface area contributed by atoms with Crippen molar-refractivity contribution in [2.24, 2.45) is 0 Å². The Labute approximate surface area is 209 Å². The maximum Gasteiger partial charge on any atom is 0.123 e. The lowest BCUT2D eigenvalue weighted by Gasteiger charge is -2.25. The zero-order chi connectivity index (χ0) is 24.1. The fraction of sp³-hybridized carbons (Fsp3) is 0. The highest BCUT2D eigenvalue weighted by molar-refractivity contribution is 6.26. The van der Waals surface area contributed by atoms with Gasteiger partial charge >= 0.3 is 0 Å². The number of anilines is 3. The molecule has 2 heteroatoms. The van der Waals surface area contributed by atoms with Crippen LogP contribution in [0.2, 0.25) is 0 Å². The van der Waals surface area contributed by atoms with Crippen LogP contribution in [0.15, 0.2) is 133 Å². The summed E-state index contributed by atoms with van der Waals surface area (Å²) in [6.45, 7) is 0. The number of benzene rings is 7. The van der Waals surface area contributed by atoms with E-state index in [1.54, 1.807) is 6.07 Å². The first kappa shape index (κ1) is 20.5. The van der Waals surface area contributed by atoms with Crippen LogP contribution in [0.5, 0.6) is 5.75 Å². The molecule has 0 saturated heterocycles. The monoisotopic (exact) mass is 461 g/mol. The average molecular weight is 462 g/mol. The Hall–Kier alpha value is -4.82. The van der Waals surface area contributed by atoms with Crippen LogP contribution in [0.25, 0.3) is 43.4 Å². The van der Waals surface area contributed by atoms with Gasteiger partial charge in [-0.15, -0.1) is 0 Å². The zero-order valence-electron chi connectivity index (χ0n) is 19.6. The molecule has 0 heterocycles. The summed E-state index contributed by atoms with van der Waals surface area (Å²) in [6.07, 6.45) is 0. The van der Waals surface area contributed by atoms with Crippen molar-refractivity contribution in [3.63, 3.8) is 0 Å². The van der Waals surface area contributed by atoms with E-state index in [1.807, 2.05) is 24.3 Å². The van der Waals surface area contributed by atoms with Gasteiger partial charge in [-0.05, 0) is 75.1 Å². The van der Waals surface area contributed by atoms with Crippen molar-refractivity contribution in [3.05, 3.63) is 133 Å². The molecule has 0 aliphatic rings. The van der Waals surface area contributed by atoms with Crippen LogP contribution in [0.3, 0.4) is 0 Å². The standard InChI is InChI=1S/C34H23NO/c36-32-22-16-25-14-20-30-29(19-13-24-15-21-31(32)34(25)33(24)30)23-11-17-28(18-12-23)35(26-7-3-1-4-8-26)27-9-5-2-6-10-27/h1-22,36H. The molecule has 0 spiro atoms. The van der Waals surface area contributed by atoms with Gasteiger partial charge in [-0.2, -0.15) is 0 Å². The maximum atomic E-state index is 10.5. The minimum Gasteiger partial charge on any atom is -0.507 e. The third-order valence-electron chi connectivity index (χ3n) is 7.11. The third kappa shape index (κ3) is 3.19. The van der Waals surface area contributed by atoms with Gasteiger partial charge in [-0.1, -0.05) is 91.0 Å². The van der Waals surface area contributed by atoms with E-state index in [-0.39, 0.29) is 0 Å². The summed E-state index contributed by atoms with van der Waals surface area (Å²) in [7, 11) is 0. The van der Waals surface area contributed by atoms with Gasteiger partial charge in [0, 0.05) is 27.8 Å². The number of hydrogen-bond acceptors (Lipinski definition) is 2. The van der Waals surface area contributed by atoms with E-state index in [2.05, 4.69) is 108 Å². The molecule has 1 N–H and O–H groups in total. The van der Waals surface area contributed by atoms with Crippen LogP contribution >= 0.6 is 0 Å². The summed E-state index contributed by atoms with van der Waals surface area (Å²) in [5.74, 6) is 0.327. The van der Waals surface area contributed by atoms with Crippen LogP contribution in [-0.4, -0.2) is 5.11 Å². The van der Waals surface area contributed by atoms with Gasteiger partial charge < -0.3 is 10.0 Å². The summed E-state index contributed by atoms with van der Waals surface area (Å²) in [6, 6.07) is 46.4. The highest BCUT2D eigenvalue weighted by Gasteiger charge is 2.15. The predicted octanol–water partition coefficient (Wildman–Crippen LogP) is 9.43. The molecule has 7 rings (SSSR count). The third-order valence-corrected chi connectivity index (χ3v) is 7.11. The predicted molar refractivity (Wildman–Crippen MR) is 152 cm³/mol. The first-order valence-corrected chi connectivity index (χ1v) is 12.2.